The minimum Gasteiger partial charge on any atom is -0.313 e. The maximum atomic E-state index is 3.54. The summed E-state index contributed by atoms with van der Waals surface area (Å²) in [5, 5.41) is 3.54. The average molecular weight is 235 g/mol. The van der Waals surface area contributed by atoms with E-state index in [1.54, 1.807) is 0 Å². The van der Waals surface area contributed by atoms with Crippen LogP contribution in [0.3, 0.4) is 0 Å². The Morgan fingerprint density at radius 3 is 2.62 bits per heavy atom. The van der Waals surface area contributed by atoms with Crippen LogP contribution in [0.2, 0.25) is 0 Å². The van der Waals surface area contributed by atoms with Crippen LogP contribution in [-0.2, 0) is 5.75 Å². The summed E-state index contributed by atoms with van der Waals surface area (Å²) in [5.74, 6) is 2.41. The molecule has 0 aliphatic carbocycles. The maximum Gasteiger partial charge on any atom is 0.0185 e. The SMILES string of the molecule is Cc1cc(C)cc(CSC[C@@H]2CCCN2)c1. The van der Waals surface area contributed by atoms with Crippen molar-refractivity contribution >= 4 is 11.8 Å². The molecule has 2 heteroatoms. The van der Waals surface area contributed by atoms with E-state index in [1.165, 1.54) is 41.8 Å². The predicted molar refractivity (Wildman–Crippen MR) is 73.1 cm³/mol. The van der Waals surface area contributed by atoms with Crippen LogP contribution in [0.1, 0.15) is 29.5 Å². The van der Waals surface area contributed by atoms with Crippen molar-refractivity contribution in [1.29, 1.82) is 0 Å². The van der Waals surface area contributed by atoms with Crippen molar-refractivity contribution in [3.05, 3.63) is 34.9 Å². The fourth-order valence-electron chi connectivity index (χ4n) is 2.37. The second-order valence-corrected chi connectivity index (χ2v) is 5.83. The van der Waals surface area contributed by atoms with Gasteiger partial charge in [-0.15, -0.1) is 0 Å². The minimum absolute atomic E-state index is 0.760. The third-order valence-corrected chi connectivity index (χ3v) is 4.21. The van der Waals surface area contributed by atoms with Crippen molar-refractivity contribution in [2.75, 3.05) is 12.3 Å². The fourth-order valence-corrected chi connectivity index (χ4v) is 3.46. The van der Waals surface area contributed by atoms with Gasteiger partial charge in [0.1, 0.15) is 0 Å². The summed E-state index contributed by atoms with van der Waals surface area (Å²) in [5.41, 5.74) is 4.24. The molecule has 1 aromatic rings. The molecule has 16 heavy (non-hydrogen) atoms. The van der Waals surface area contributed by atoms with Gasteiger partial charge in [0.25, 0.3) is 0 Å². The van der Waals surface area contributed by atoms with E-state index < -0.39 is 0 Å². The zero-order valence-electron chi connectivity index (χ0n) is 10.3. The average Bonchev–Trinajstić information content (AvgIpc) is 2.69. The van der Waals surface area contributed by atoms with Gasteiger partial charge in [-0.2, -0.15) is 11.8 Å². The lowest BCUT2D eigenvalue weighted by molar-refractivity contribution is 0.674. The van der Waals surface area contributed by atoms with E-state index >= 15 is 0 Å². The van der Waals surface area contributed by atoms with E-state index in [4.69, 9.17) is 0 Å². The molecule has 1 aliphatic heterocycles. The quantitative estimate of drug-likeness (QED) is 0.859. The van der Waals surface area contributed by atoms with Gasteiger partial charge >= 0.3 is 0 Å². The Morgan fingerprint density at radius 2 is 2.00 bits per heavy atom. The lowest BCUT2D eigenvalue weighted by atomic mass is 10.1. The Bertz CT molecular complexity index is 322. The highest BCUT2D eigenvalue weighted by molar-refractivity contribution is 7.98. The van der Waals surface area contributed by atoms with E-state index in [-0.39, 0.29) is 0 Å². The standard InChI is InChI=1S/C14H21NS/c1-11-6-12(2)8-13(7-11)9-16-10-14-4-3-5-15-14/h6-8,14-15H,3-5,9-10H2,1-2H3/t14-/m0/s1. The normalized spacial score (nSPS) is 20.2. The molecule has 88 valence electrons. The molecule has 1 fully saturated rings. The van der Waals surface area contributed by atoms with Gasteiger partial charge in [-0.1, -0.05) is 29.3 Å². The Balaban J connectivity index is 1.80. The van der Waals surface area contributed by atoms with E-state index in [0.29, 0.717) is 0 Å². The first-order valence-corrected chi connectivity index (χ1v) is 7.28. The third-order valence-electron chi connectivity index (χ3n) is 3.03. The van der Waals surface area contributed by atoms with Crippen molar-refractivity contribution in [3.8, 4) is 0 Å². The van der Waals surface area contributed by atoms with Crippen LogP contribution in [0.25, 0.3) is 0 Å². The number of benzene rings is 1. The molecule has 2 rings (SSSR count). The van der Waals surface area contributed by atoms with E-state index in [2.05, 4.69) is 49.1 Å². The summed E-state index contributed by atoms with van der Waals surface area (Å²) >= 11 is 2.06. The van der Waals surface area contributed by atoms with E-state index in [9.17, 15) is 0 Å². The van der Waals surface area contributed by atoms with Crippen LogP contribution in [0.15, 0.2) is 18.2 Å². The van der Waals surface area contributed by atoms with Gasteiger partial charge in [-0.05, 0) is 38.8 Å². The molecule has 1 N–H and O–H groups in total. The van der Waals surface area contributed by atoms with Gasteiger partial charge in [-0.25, -0.2) is 0 Å². The van der Waals surface area contributed by atoms with Crippen molar-refractivity contribution in [2.45, 2.75) is 38.5 Å². The first kappa shape index (κ1) is 12.0. The molecule has 0 aromatic heterocycles. The van der Waals surface area contributed by atoms with Gasteiger partial charge < -0.3 is 5.32 Å². The zero-order valence-corrected chi connectivity index (χ0v) is 11.1. The number of rotatable bonds is 4. The Hall–Kier alpha value is -0.470. The van der Waals surface area contributed by atoms with E-state index in [1.807, 2.05) is 0 Å². The number of aryl methyl sites for hydroxylation is 2. The van der Waals surface area contributed by atoms with Gasteiger partial charge in [0, 0.05) is 17.5 Å². The molecule has 0 unspecified atom stereocenters. The molecular formula is C14H21NS. The molecule has 1 aliphatic rings. The number of hydrogen-bond donors (Lipinski definition) is 1. The first-order chi connectivity index (χ1) is 7.74. The molecule has 0 amide bonds. The summed E-state index contributed by atoms with van der Waals surface area (Å²) in [6.07, 6.45) is 2.72. The summed E-state index contributed by atoms with van der Waals surface area (Å²) in [7, 11) is 0. The highest BCUT2D eigenvalue weighted by atomic mass is 32.2. The van der Waals surface area contributed by atoms with E-state index in [0.717, 1.165) is 11.8 Å². The highest BCUT2D eigenvalue weighted by Gasteiger charge is 2.13. The molecule has 0 bridgehead atoms. The Kier molecular flexibility index (Phi) is 4.30. The van der Waals surface area contributed by atoms with Crippen LogP contribution in [0.5, 0.6) is 0 Å². The zero-order chi connectivity index (χ0) is 11.4. The van der Waals surface area contributed by atoms with Crippen LogP contribution in [0.4, 0.5) is 0 Å². The molecule has 1 nitrogen and oxygen atoms in total. The van der Waals surface area contributed by atoms with Gasteiger partial charge in [0.15, 0.2) is 0 Å². The molecule has 1 saturated heterocycles. The predicted octanol–water partition coefficient (Wildman–Crippen LogP) is 3.29. The Labute approximate surface area is 103 Å². The van der Waals surface area contributed by atoms with Gasteiger partial charge in [-0.3, -0.25) is 0 Å². The van der Waals surface area contributed by atoms with Crippen LogP contribution in [0, 0.1) is 13.8 Å². The van der Waals surface area contributed by atoms with Crippen molar-refractivity contribution in [2.24, 2.45) is 0 Å². The minimum atomic E-state index is 0.760. The third kappa shape index (κ3) is 3.53. The van der Waals surface area contributed by atoms with Gasteiger partial charge in [0.05, 0.1) is 0 Å². The maximum absolute atomic E-state index is 3.54. The Morgan fingerprint density at radius 1 is 1.25 bits per heavy atom. The summed E-state index contributed by atoms with van der Waals surface area (Å²) in [6, 6.07) is 7.62. The number of thioether (sulfide) groups is 1. The monoisotopic (exact) mass is 235 g/mol. The summed E-state index contributed by atoms with van der Waals surface area (Å²) < 4.78 is 0. The second-order valence-electron chi connectivity index (χ2n) is 4.80. The number of nitrogens with one attached hydrogen (secondary N) is 1. The lowest BCUT2D eigenvalue weighted by Crippen LogP contribution is -2.23. The van der Waals surface area contributed by atoms with Gasteiger partial charge in [0.2, 0.25) is 0 Å². The summed E-state index contributed by atoms with van der Waals surface area (Å²) in [6.45, 7) is 5.58. The molecule has 0 saturated carbocycles. The smallest absolute Gasteiger partial charge is 0.0185 e. The van der Waals surface area contributed by atoms with Crippen LogP contribution >= 0.6 is 11.8 Å². The van der Waals surface area contributed by atoms with Crippen LogP contribution < -0.4 is 5.32 Å². The molecule has 0 spiro atoms. The van der Waals surface area contributed by atoms with Crippen molar-refractivity contribution in [3.63, 3.8) is 0 Å². The lowest BCUT2D eigenvalue weighted by Gasteiger charge is -2.10. The van der Waals surface area contributed by atoms with Crippen molar-refractivity contribution < 1.29 is 0 Å². The second kappa shape index (κ2) is 5.74. The van der Waals surface area contributed by atoms with Crippen LogP contribution in [-0.4, -0.2) is 18.3 Å². The first-order valence-electron chi connectivity index (χ1n) is 6.12. The molecular weight excluding hydrogens is 214 g/mol. The highest BCUT2D eigenvalue weighted by Crippen LogP contribution is 2.18. The summed E-state index contributed by atoms with van der Waals surface area (Å²) in [4.78, 5) is 0. The molecule has 1 aromatic carbocycles. The van der Waals surface area contributed by atoms with Crippen molar-refractivity contribution in [1.82, 2.24) is 5.32 Å². The largest absolute Gasteiger partial charge is 0.313 e. The molecule has 1 atom stereocenters. The number of hydrogen-bond acceptors (Lipinski definition) is 2. The molecule has 1 heterocycles. The molecule has 0 radical (unpaired) electrons. The topological polar surface area (TPSA) is 12.0 Å². The fraction of sp³-hybridized carbons (Fsp3) is 0.571.